The van der Waals surface area contributed by atoms with Gasteiger partial charge in [-0.05, 0) is 43.7 Å². The van der Waals surface area contributed by atoms with Crippen LogP contribution < -0.4 is 10.6 Å². The molecule has 1 aliphatic heterocycles. The van der Waals surface area contributed by atoms with E-state index in [9.17, 15) is 4.79 Å². The lowest BCUT2D eigenvalue weighted by molar-refractivity contribution is -0.123. The number of aliphatic hydroxyl groups is 1. The second-order valence-corrected chi connectivity index (χ2v) is 6.40. The van der Waals surface area contributed by atoms with E-state index in [1.807, 2.05) is 0 Å². The summed E-state index contributed by atoms with van der Waals surface area (Å²) in [5.74, 6) is 0.775. The lowest BCUT2D eigenvalue weighted by Crippen LogP contribution is -2.44. The molecule has 1 saturated heterocycles. The van der Waals surface area contributed by atoms with Crippen LogP contribution in [-0.4, -0.2) is 36.8 Å². The number of rotatable bonds is 6. The van der Waals surface area contributed by atoms with Crippen molar-refractivity contribution in [2.75, 3.05) is 19.7 Å². The summed E-state index contributed by atoms with van der Waals surface area (Å²) in [5.41, 5.74) is -0.00664. The Morgan fingerprint density at radius 3 is 2.72 bits per heavy atom. The van der Waals surface area contributed by atoms with Crippen molar-refractivity contribution in [1.29, 1.82) is 0 Å². The molecule has 0 aromatic rings. The van der Waals surface area contributed by atoms with E-state index in [0.717, 1.165) is 19.5 Å². The zero-order valence-corrected chi connectivity index (χ0v) is 12.0. The summed E-state index contributed by atoms with van der Waals surface area (Å²) in [7, 11) is 0. The zero-order valence-electron chi connectivity index (χ0n) is 12.0. The second-order valence-electron chi connectivity index (χ2n) is 6.40. The van der Waals surface area contributed by atoms with Gasteiger partial charge >= 0.3 is 0 Å². The van der Waals surface area contributed by atoms with E-state index in [1.54, 1.807) is 0 Å². The Labute approximate surface area is 111 Å². The van der Waals surface area contributed by atoms with E-state index in [0.29, 0.717) is 18.8 Å². The third-order valence-corrected chi connectivity index (χ3v) is 3.74. The maximum atomic E-state index is 11.9. The Kier molecular flexibility index (Phi) is 6.09. The molecule has 4 heteroatoms. The SMILES string of the molecule is CC(C)(C)C(CCO)NC(=O)CCC1CCNC1. The van der Waals surface area contributed by atoms with Crippen molar-refractivity contribution < 1.29 is 9.90 Å². The monoisotopic (exact) mass is 256 g/mol. The molecule has 0 aromatic carbocycles. The molecular formula is C14H28N2O2. The van der Waals surface area contributed by atoms with Crippen LogP contribution in [0.2, 0.25) is 0 Å². The van der Waals surface area contributed by atoms with Gasteiger partial charge in [-0.2, -0.15) is 0 Å². The Bertz CT molecular complexity index is 255. The standard InChI is InChI=1S/C14H28N2O2/c1-14(2,3)12(7-9-17)16-13(18)5-4-11-6-8-15-10-11/h11-12,15,17H,4-10H2,1-3H3,(H,16,18). The Balaban J connectivity index is 2.31. The van der Waals surface area contributed by atoms with Gasteiger partial charge in [0.1, 0.15) is 0 Å². The Hall–Kier alpha value is -0.610. The molecule has 1 heterocycles. The van der Waals surface area contributed by atoms with Crippen LogP contribution in [0.3, 0.4) is 0 Å². The van der Waals surface area contributed by atoms with Crippen molar-refractivity contribution in [3.05, 3.63) is 0 Å². The molecule has 1 fully saturated rings. The molecule has 18 heavy (non-hydrogen) atoms. The van der Waals surface area contributed by atoms with Crippen molar-refractivity contribution in [3.63, 3.8) is 0 Å². The average Bonchev–Trinajstić information content (AvgIpc) is 2.77. The molecule has 0 bridgehead atoms. The minimum absolute atomic E-state index is 0.00664. The van der Waals surface area contributed by atoms with E-state index in [4.69, 9.17) is 5.11 Å². The molecule has 2 unspecified atom stereocenters. The number of hydrogen-bond donors (Lipinski definition) is 3. The van der Waals surface area contributed by atoms with Crippen LogP contribution in [0.1, 0.15) is 46.5 Å². The molecule has 0 aliphatic carbocycles. The molecule has 1 rings (SSSR count). The summed E-state index contributed by atoms with van der Waals surface area (Å²) in [5, 5.41) is 15.4. The molecule has 1 aliphatic rings. The quantitative estimate of drug-likeness (QED) is 0.671. The first-order valence-corrected chi connectivity index (χ1v) is 7.04. The van der Waals surface area contributed by atoms with Crippen molar-refractivity contribution >= 4 is 5.91 Å². The number of aliphatic hydroxyl groups excluding tert-OH is 1. The fourth-order valence-corrected chi connectivity index (χ4v) is 2.41. The predicted molar refractivity (Wildman–Crippen MR) is 73.3 cm³/mol. The second kappa shape index (κ2) is 7.10. The van der Waals surface area contributed by atoms with Gasteiger partial charge in [-0.25, -0.2) is 0 Å². The minimum Gasteiger partial charge on any atom is -0.396 e. The van der Waals surface area contributed by atoms with E-state index in [-0.39, 0.29) is 24.0 Å². The average molecular weight is 256 g/mol. The van der Waals surface area contributed by atoms with Gasteiger partial charge in [0.2, 0.25) is 5.91 Å². The van der Waals surface area contributed by atoms with Crippen LogP contribution >= 0.6 is 0 Å². The van der Waals surface area contributed by atoms with Gasteiger partial charge in [-0.15, -0.1) is 0 Å². The van der Waals surface area contributed by atoms with E-state index in [1.165, 1.54) is 6.42 Å². The van der Waals surface area contributed by atoms with Gasteiger partial charge in [0, 0.05) is 19.1 Å². The topological polar surface area (TPSA) is 61.4 Å². The van der Waals surface area contributed by atoms with Gasteiger partial charge in [0.25, 0.3) is 0 Å². The number of carbonyl (C=O) groups excluding carboxylic acids is 1. The molecule has 4 nitrogen and oxygen atoms in total. The van der Waals surface area contributed by atoms with Crippen LogP contribution in [0.15, 0.2) is 0 Å². The molecule has 2 atom stereocenters. The first-order chi connectivity index (χ1) is 8.43. The van der Waals surface area contributed by atoms with Crippen LogP contribution in [0.4, 0.5) is 0 Å². The number of nitrogens with one attached hydrogen (secondary N) is 2. The number of hydrogen-bond acceptors (Lipinski definition) is 3. The smallest absolute Gasteiger partial charge is 0.220 e. The van der Waals surface area contributed by atoms with E-state index >= 15 is 0 Å². The minimum atomic E-state index is -0.00664. The largest absolute Gasteiger partial charge is 0.396 e. The van der Waals surface area contributed by atoms with Crippen LogP contribution in [-0.2, 0) is 4.79 Å². The zero-order chi connectivity index (χ0) is 13.6. The molecule has 0 radical (unpaired) electrons. The Morgan fingerprint density at radius 1 is 1.50 bits per heavy atom. The van der Waals surface area contributed by atoms with Crippen LogP contribution in [0.5, 0.6) is 0 Å². The maximum Gasteiger partial charge on any atom is 0.220 e. The lowest BCUT2D eigenvalue weighted by Gasteiger charge is -2.31. The van der Waals surface area contributed by atoms with Crippen molar-refractivity contribution in [3.8, 4) is 0 Å². The predicted octanol–water partition coefficient (Wildman–Crippen LogP) is 1.29. The number of carbonyl (C=O) groups is 1. The van der Waals surface area contributed by atoms with Crippen LogP contribution in [0.25, 0.3) is 0 Å². The summed E-state index contributed by atoms with van der Waals surface area (Å²) in [6.07, 6.45) is 3.38. The molecule has 3 N–H and O–H groups in total. The normalized spacial score (nSPS) is 21.9. The van der Waals surface area contributed by atoms with Crippen molar-refractivity contribution in [2.45, 2.75) is 52.5 Å². The third kappa shape index (κ3) is 5.36. The van der Waals surface area contributed by atoms with Crippen LogP contribution in [0, 0.1) is 11.3 Å². The highest BCUT2D eigenvalue weighted by Gasteiger charge is 2.26. The summed E-state index contributed by atoms with van der Waals surface area (Å²) in [6, 6.07) is 0.0525. The van der Waals surface area contributed by atoms with Gasteiger partial charge in [-0.1, -0.05) is 20.8 Å². The highest BCUT2D eigenvalue weighted by Crippen LogP contribution is 2.22. The molecule has 106 valence electrons. The first kappa shape index (κ1) is 15.4. The molecule has 0 spiro atoms. The fraction of sp³-hybridized carbons (Fsp3) is 0.929. The Morgan fingerprint density at radius 2 is 2.22 bits per heavy atom. The van der Waals surface area contributed by atoms with Crippen molar-refractivity contribution in [2.24, 2.45) is 11.3 Å². The fourth-order valence-electron chi connectivity index (χ4n) is 2.41. The van der Waals surface area contributed by atoms with Gasteiger partial charge in [-0.3, -0.25) is 4.79 Å². The van der Waals surface area contributed by atoms with Crippen molar-refractivity contribution in [1.82, 2.24) is 10.6 Å². The molecule has 1 amide bonds. The van der Waals surface area contributed by atoms with E-state index in [2.05, 4.69) is 31.4 Å². The molecule has 0 aromatic heterocycles. The maximum absolute atomic E-state index is 11.9. The summed E-state index contributed by atoms with van der Waals surface area (Å²) in [6.45, 7) is 8.53. The van der Waals surface area contributed by atoms with Gasteiger partial charge < -0.3 is 15.7 Å². The summed E-state index contributed by atoms with van der Waals surface area (Å²) >= 11 is 0. The third-order valence-electron chi connectivity index (χ3n) is 3.74. The lowest BCUT2D eigenvalue weighted by atomic mass is 9.84. The summed E-state index contributed by atoms with van der Waals surface area (Å²) < 4.78 is 0. The first-order valence-electron chi connectivity index (χ1n) is 7.04. The van der Waals surface area contributed by atoms with Gasteiger partial charge in [0.15, 0.2) is 0 Å². The van der Waals surface area contributed by atoms with Gasteiger partial charge in [0.05, 0.1) is 0 Å². The highest BCUT2D eigenvalue weighted by atomic mass is 16.3. The molecular weight excluding hydrogens is 228 g/mol. The summed E-state index contributed by atoms with van der Waals surface area (Å²) in [4.78, 5) is 11.9. The highest BCUT2D eigenvalue weighted by molar-refractivity contribution is 5.76. The van der Waals surface area contributed by atoms with E-state index < -0.39 is 0 Å². The number of amides is 1. The molecule has 0 saturated carbocycles.